The Hall–Kier alpha value is -3.52. The molecule has 0 heterocycles. The highest BCUT2D eigenvalue weighted by Crippen LogP contribution is 2.46. The van der Waals surface area contributed by atoms with Crippen LogP contribution in [0.1, 0.15) is 88.2 Å². The monoisotopic (exact) mass is 518 g/mol. The molecule has 1 saturated carbocycles. The van der Waals surface area contributed by atoms with Gasteiger partial charge in [-0.2, -0.15) is 0 Å². The van der Waals surface area contributed by atoms with E-state index in [9.17, 15) is 10.2 Å². The van der Waals surface area contributed by atoms with Crippen molar-refractivity contribution in [3.63, 3.8) is 0 Å². The third-order valence-electron chi connectivity index (χ3n) is 8.72. The van der Waals surface area contributed by atoms with Crippen LogP contribution >= 0.6 is 0 Å². The molecule has 2 N–H and O–H groups in total. The van der Waals surface area contributed by atoms with Crippen LogP contribution in [0.3, 0.4) is 0 Å². The highest BCUT2D eigenvalue weighted by atomic mass is 16.3. The topological polar surface area (TPSA) is 40.5 Å². The number of hydrogen-bond acceptors (Lipinski definition) is 2. The zero-order valence-electron chi connectivity index (χ0n) is 23.1. The van der Waals surface area contributed by atoms with Crippen molar-refractivity contribution in [2.24, 2.45) is 0 Å². The van der Waals surface area contributed by atoms with Gasteiger partial charge in [-0.3, -0.25) is 0 Å². The van der Waals surface area contributed by atoms with Gasteiger partial charge in [0.1, 0.15) is 11.5 Å². The predicted molar refractivity (Wildman–Crippen MR) is 163 cm³/mol. The average Bonchev–Trinajstić information content (AvgIpc) is 3.00. The molecule has 2 heteroatoms. The summed E-state index contributed by atoms with van der Waals surface area (Å²) in [5.41, 5.74) is 6.18. The van der Waals surface area contributed by atoms with E-state index in [4.69, 9.17) is 0 Å². The molecule has 2 nitrogen and oxygen atoms in total. The average molecular weight is 519 g/mol. The van der Waals surface area contributed by atoms with Crippen molar-refractivity contribution in [2.45, 2.75) is 82.5 Å². The second-order valence-electron chi connectivity index (χ2n) is 11.3. The Morgan fingerprint density at radius 2 is 0.769 bits per heavy atom. The molecule has 0 aliphatic heterocycles. The van der Waals surface area contributed by atoms with E-state index in [2.05, 4.69) is 48.5 Å². The largest absolute Gasteiger partial charge is 0.507 e. The summed E-state index contributed by atoms with van der Waals surface area (Å²) < 4.78 is 0. The van der Waals surface area contributed by atoms with Gasteiger partial charge >= 0.3 is 0 Å². The van der Waals surface area contributed by atoms with Gasteiger partial charge in [-0.05, 0) is 59.4 Å². The fourth-order valence-corrected chi connectivity index (χ4v) is 6.50. The molecular weight excluding hydrogens is 476 g/mol. The maximum absolute atomic E-state index is 10.9. The van der Waals surface area contributed by atoms with Crippen LogP contribution in [-0.2, 0) is 5.41 Å². The van der Waals surface area contributed by atoms with Crippen LogP contribution in [0.5, 0.6) is 11.5 Å². The van der Waals surface area contributed by atoms with Crippen LogP contribution < -0.4 is 0 Å². The third-order valence-corrected chi connectivity index (χ3v) is 8.72. The molecule has 1 aliphatic rings. The lowest BCUT2D eigenvalue weighted by Crippen LogP contribution is -2.28. The number of aromatic hydroxyl groups is 2. The maximum Gasteiger partial charge on any atom is 0.123 e. The first-order valence-electron chi connectivity index (χ1n) is 15.0. The molecule has 4 aromatic rings. The van der Waals surface area contributed by atoms with Gasteiger partial charge in [0.25, 0.3) is 0 Å². The Morgan fingerprint density at radius 1 is 0.410 bits per heavy atom. The Morgan fingerprint density at radius 3 is 1.15 bits per heavy atom. The summed E-state index contributed by atoms with van der Waals surface area (Å²) in [6.45, 7) is 0. The van der Waals surface area contributed by atoms with E-state index in [1.54, 1.807) is 0 Å². The standard InChI is InChI=1S/C37H42O2/c38-35-23-21-31(27-33(35)29-17-11-9-12-18-29)37(25-15-7-5-3-1-2-4-6-8-16-26-37)32-22-24-36(39)34(28-32)30-19-13-10-14-20-30/h9-14,17-24,27-28,38-39H,1-8,15-16,25-26H2. The summed E-state index contributed by atoms with van der Waals surface area (Å²) >= 11 is 0. The minimum absolute atomic E-state index is 0.192. The zero-order valence-corrected chi connectivity index (χ0v) is 23.1. The first-order valence-corrected chi connectivity index (χ1v) is 15.0. The van der Waals surface area contributed by atoms with Gasteiger partial charge in [0.05, 0.1) is 0 Å². The van der Waals surface area contributed by atoms with Gasteiger partial charge in [-0.15, -0.1) is 0 Å². The summed E-state index contributed by atoms with van der Waals surface area (Å²) in [7, 11) is 0. The van der Waals surface area contributed by atoms with Gasteiger partial charge in [0, 0.05) is 16.5 Å². The molecule has 0 aromatic heterocycles. The molecular formula is C37H42O2. The quantitative estimate of drug-likeness (QED) is 0.282. The molecule has 0 atom stereocenters. The molecule has 0 bridgehead atoms. The number of hydrogen-bond donors (Lipinski definition) is 2. The van der Waals surface area contributed by atoms with Gasteiger partial charge in [-0.1, -0.05) is 137 Å². The van der Waals surface area contributed by atoms with E-state index >= 15 is 0 Å². The van der Waals surface area contributed by atoms with Crippen LogP contribution in [0.2, 0.25) is 0 Å². The van der Waals surface area contributed by atoms with Crippen LogP contribution in [-0.4, -0.2) is 10.2 Å². The third kappa shape index (κ3) is 6.38. The number of phenols is 2. The van der Waals surface area contributed by atoms with E-state index in [0.717, 1.165) is 35.1 Å². The van der Waals surface area contributed by atoms with Crippen molar-refractivity contribution < 1.29 is 10.2 Å². The van der Waals surface area contributed by atoms with Gasteiger partial charge in [-0.25, -0.2) is 0 Å². The predicted octanol–water partition coefficient (Wildman–Crippen LogP) is 10.4. The molecule has 0 radical (unpaired) electrons. The fourth-order valence-electron chi connectivity index (χ4n) is 6.50. The number of benzene rings is 4. The Bertz CT molecular complexity index is 1220. The van der Waals surface area contributed by atoms with E-state index in [1.165, 1.54) is 75.3 Å². The summed E-state index contributed by atoms with van der Waals surface area (Å²) in [6.07, 6.45) is 14.9. The van der Waals surface area contributed by atoms with Gasteiger partial charge in [0.2, 0.25) is 0 Å². The van der Waals surface area contributed by atoms with Crippen molar-refractivity contribution in [1.29, 1.82) is 0 Å². The normalized spacial score (nSPS) is 16.9. The lowest BCUT2D eigenvalue weighted by atomic mass is 9.67. The van der Waals surface area contributed by atoms with Crippen molar-refractivity contribution in [2.75, 3.05) is 0 Å². The maximum atomic E-state index is 10.9. The second kappa shape index (κ2) is 13.0. The minimum atomic E-state index is -0.192. The molecule has 0 spiro atoms. The van der Waals surface area contributed by atoms with Crippen molar-refractivity contribution in [3.05, 3.63) is 108 Å². The van der Waals surface area contributed by atoms with Crippen LogP contribution in [0.15, 0.2) is 97.1 Å². The minimum Gasteiger partial charge on any atom is -0.507 e. The molecule has 1 fully saturated rings. The molecule has 39 heavy (non-hydrogen) atoms. The first kappa shape index (κ1) is 27.1. The highest BCUT2D eigenvalue weighted by Gasteiger charge is 2.35. The van der Waals surface area contributed by atoms with Crippen LogP contribution in [0, 0.1) is 0 Å². The SMILES string of the molecule is Oc1ccc(C2(c3ccc(O)c(-c4ccccc4)c3)CCCCCCCCCCCC2)cc1-c1ccccc1. The molecule has 5 rings (SSSR count). The fraction of sp³-hybridized carbons (Fsp3) is 0.351. The van der Waals surface area contributed by atoms with E-state index in [1.807, 2.05) is 48.5 Å². The Kier molecular flexibility index (Phi) is 9.04. The Labute approximate surface area is 234 Å². The van der Waals surface area contributed by atoms with Gasteiger partial charge in [0.15, 0.2) is 0 Å². The lowest BCUT2D eigenvalue weighted by Gasteiger charge is -2.37. The smallest absolute Gasteiger partial charge is 0.123 e. The molecule has 0 unspecified atom stereocenters. The molecule has 4 aromatic carbocycles. The van der Waals surface area contributed by atoms with Crippen molar-refractivity contribution in [3.8, 4) is 33.8 Å². The molecule has 0 amide bonds. The number of rotatable bonds is 4. The summed E-state index contributed by atoms with van der Waals surface area (Å²) in [6, 6.07) is 33.0. The molecule has 202 valence electrons. The van der Waals surface area contributed by atoms with Crippen molar-refractivity contribution in [1.82, 2.24) is 0 Å². The summed E-state index contributed by atoms with van der Waals surface area (Å²) in [4.78, 5) is 0. The van der Waals surface area contributed by atoms with Gasteiger partial charge < -0.3 is 10.2 Å². The lowest BCUT2D eigenvalue weighted by molar-refractivity contribution is 0.393. The second-order valence-corrected chi connectivity index (χ2v) is 11.3. The van der Waals surface area contributed by atoms with Crippen molar-refractivity contribution >= 4 is 0 Å². The zero-order chi connectivity index (χ0) is 26.9. The number of phenolic OH excluding ortho intramolecular Hbond substituents is 2. The first-order chi connectivity index (χ1) is 19.2. The summed E-state index contributed by atoms with van der Waals surface area (Å²) in [5.74, 6) is 0.640. The van der Waals surface area contributed by atoms with E-state index in [-0.39, 0.29) is 5.41 Å². The van der Waals surface area contributed by atoms with Crippen LogP contribution in [0.25, 0.3) is 22.3 Å². The van der Waals surface area contributed by atoms with Crippen LogP contribution in [0.4, 0.5) is 0 Å². The summed E-state index contributed by atoms with van der Waals surface area (Å²) in [5, 5.41) is 21.8. The molecule has 1 aliphatic carbocycles. The Balaban J connectivity index is 1.65. The highest BCUT2D eigenvalue weighted by molar-refractivity contribution is 5.73. The molecule has 0 saturated heterocycles. The van der Waals surface area contributed by atoms with E-state index < -0.39 is 0 Å². The van der Waals surface area contributed by atoms with E-state index in [0.29, 0.717) is 11.5 Å².